The van der Waals surface area contributed by atoms with E-state index in [2.05, 4.69) is 21.7 Å². The Morgan fingerprint density at radius 2 is 2.13 bits per heavy atom. The summed E-state index contributed by atoms with van der Waals surface area (Å²) in [6.07, 6.45) is 3.80. The second-order valence-electron chi connectivity index (χ2n) is 3.69. The molecule has 0 radical (unpaired) electrons. The Bertz CT molecular complexity index is 474. The number of hydrogen-bond acceptors (Lipinski definition) is 1. The van der Waals surface area contributed by atoms with Gasteiger partial charge in [-0.25, -0.2) is 4.98 Å². The zero-order valence-electron chi connectivity index (χ0n) is 8.87. The minimum Gasteiger partial charge on any atom is -0.331 e. The summed E-state index contributed by atoms with van der Waals surface area (Å²) >= 11 is 5.97. The van der Waals surface area contributed by atoms with E-state index in [0.29, 0.717) is 0 Å². The Balaban J connectivity index is 2.25. The maximum Gasteiger partial charge on any atom is 0.105 e. The fraction of sp³-hybridized carbons (Fsp3) is 0.250. The molecule has 2 rings (SSSR count). The number of nitrogens with zero attached hydrogens (tertiary/aromatic N) is 2. The lowest BCUT2D eigenvalue weighted by molar-refractivity contribution is 0.761. The molecule has 0 saturated heterocycles. The summed E-state index contributed by atoms with van der Waals surface area (Å²) in [6, 6.07) is 6.11. The first-order chi connectivity index (χ1) is 7.16. The van der Waals surface area contributed by atoms with Crippen LogP contribution in [0.25, 0.3) is 0 Å². The average molecular weight is 221 g/mol. The minimum absolute atomic E-state index is 0.820. The number of imidazole rings is 1. The smallest absolute Gasteiger partial charge is 0.105 e. The van der Waals surface area contributed by atoms with Gasteiger partial charge >= 0.3 is 0 Å². The highest BCUT2D eigenvalue weighted by Gasteiger charge is 2.00. The molecule has 0 atom stereocenters. The molecule has 0 aliphatic carbocycles. The fourth-order valence-corrected chi connectivity index (χ4v) is 1.69. The van der Waals surface area contributed by atoms with E-state index < -0.39 is 0 Å². The van der Waals surface area contributed by atoms with Crippen molar-refractivity contribution >= 4 is 11.6 Å². The van der Waals surface area contributed by atoms with Gasteiger partial charge in [-0.3, -0.25) is 0 Å². The first kappa shape index (κ1) is 10.2. The maximum absolute atomic E-state index is 5.97. The molecule has 0 amide bonds. The molecule has 0 spiro atoms. The lowest BCUT2D eigenvalue weighted by Crippen LogP contribution is -2.00. The third-order valence-electron chi connectivity index (χ3n) is 2.50. The van der Waals surface area contributed by atoms with Gasteiger partial charge in [0.2, 0.25) is 0 Å². The van der Waals surface area contributed by atoms with Crippen LogP contribution < -0.4 is 0 Å². The highest BCUT2D eigenvalue weighted by Crippen LogP contribution is 2.17. The fourth-order valence-electron chi connectivity index (χ4n) is 1.57. The standard InChI is InChI=1S/C12H13ClN2/c1-9-7-11(3-4-12(9)13)8-15-6-5-14-10(15)2/h3-7H,8H2,1-2H3. The van der Waals surface area contributed by atoms with Gasteiger partial charge in [0.15, 0.2) is 0 Å². The van der Waals surface area contributed by atoms with E-state index in [1.165, 1.54) is 5.56 Å². The van der Waals surface area contributed by atoms with Crippen molar-refractivity contribution in [3.05, 3.63) is 52.6 Å². The zero-order chi connectivity index (χ0) is 10.8. The predicted octanol–water partition coefficient (Wildman–Crippen LogP) is 3.20. The summed E-state index contributed by atoms with van der Waals surface area (Å²) in [5.41, 5.74) is 2.37. The number of benzene rings is 1. The van der Waals surface area contributed by atoms with Gasteiger partial charge in [-0.2, -0.15) is 0 Å². The molecular formula is C12H13ClN2. The molecule has 1 aromatic heterocycles. The molecule has 0 unspecified atom stereocenters. The highest BCUT2D eigenvalue weighted by molar-refractivity contribution is 6.31. The molecule has 0 fully saturated rings. The van der Waals surface area contributed by atoms with Gasteiger partial charge in [-0.15, -0.1) is 0 Å². The van der Waals surface area contributed by atoms with Crippen LogP contribution in [-0.4, -0.2) is 9.55 Å². The minimum atomic E-state index is 0.820. The van der Waals surface area contributed by atoms with Gasteiger partial charge in [-0.1, -0.05) is 23.7 Å². The van der Waals surface area contributed by atoms with Crippen LogP contribution in [0.1, 0.15) is 17.0 Å². The first-order valence-corrected chi connectivity index (χ1v) is 5.27. The molecular weight excluding hydrogens is 208 g/mol. The van der Waals surface area contributed by atoms with E-state index in [0.717, 1.165) is 23.0 Å². The van der Waals surface area contributed by atoms with E-state index in [1.807, 2.05) is 32.3 Å². The second kappa shape index (κ2) is 4.07. The monoisotopic (exact) mass is 220 g/mol. The van der Waals surface area contributed by atoms with E-state index in [4.69, 9.17) is 11.6 Å². The van der Waals surface area contributed by atoms with Crippen molar-refractivity contribution in [2.24, 2.45) is 0 Å². The van der Waals surface area contributed by atoms with E-state index in [-0.39, 0.29) is 0 Å². The van der Waals surface area contributed by atoms with Crippen molar-refractivity contribution in [2.45, 2.75) is 20.4 Å². The van der Waals surface area contributed by atoms with Gasteiger partial charge in [0.25, 0.3) is 0 Å². The van der Waals surface area contributed by atoms with Crippen molar-refractivity contribution in [1.82, 2.24) is 9.55 Å². The summed E-state index contributed by atoms with van der Waals surface area (Å²) in [5, 5.41) is 0.820. The number of halogens is 1. The lowest BCUT2D eigenvalue weighted by atomic mass is 10.1. The largest absolute Gasteiger partial charge is 0.331 e. The van der Waals surface area contributed by atoms with Crippen LogP contribution in [0.4, 0.5) is 0 Å². The average Bonchev–Trinajstić information content (AvgIpc) is 2.59. The Morgan fingerprint density at radius 3 is 2.73 bits per heavy atom. The van der Waals surface area contributed by atoms with E-state index in [9.17, 15) is 0 Å². The Morgan fingerprint density at radius 1 is 1.33 bits per heavy atom. The van der Waals surface area contributed by atoms with E-state index in [1.54, 1.807) is 0 Å². The summed E-state index contributed by atoms with van der Waals surface area (Å²) < 4.78 is 2.11. The Kier molecular flexibility index (Phi) is 2.78. The molecule has 1 aromatic carbocycles. The normalized spacial score (nSPS) is 10.6. The molecule has 0 aliphatic heterocycles. The van der Waals surface area contributed by atoms with Gasteiger partial charge in [0, 0.05) is 24.0 Å². The molecule has 0 bridgehead atoms. The predicted molar refractivity (Wildman–Crippen MR) is 62.3 cm³/mol. The first-order valence-electron chi connectivity index (χ1n) is 4.89. The molecule has 2 aromatic rings. The molecule has 1 heterocycles. The van der Waals surface area contributed by atoms with Gasteiger partial charge in [0.1, 0.15) is 5.82 Å². The Labute approximate surface area is 94.5 Å². The van der Waals surface area contributed by atoms with Crippen molar-refractivity contribution in [2.75, 3.05) is 0 Å². The zero-order valence-corrected chi connectivity index (χ0v) is 9.62. The maximum atomic E-state index is 5.97. The van der Waals surface area contributed by atoms with Crippen LogP contribution in [0.3, 0.4) is 0 Å². The van der Waals surface area contributed by atoms with Crippen molar-refractivity contribution in [3.63, 3.8) is 0 Å². The number of aryl methyl sites for hydroxylation is 2. The Hall–Kier alpha value is -1.28. The highest BCUT2D eigenvalue weighted by atomic mass is 35.5. The van der Waals surface area contributed by atoms with Crippen LogP contribution in [0.2, 0.25) is 5.02 Å². The van der Waals surface area contributed by atoms with E-state index >= 15 is 0 Å². The van der Waals surface area contributed by atoms with Crippen LogP contribution in [0.5, 0.6) is 0 Å². The summed E-state index contributed by atoms with van der Waals surface area (Å²) in [6.45, 7) is 4.87. The summed E-state index contributed by atoms with van der Waals surface area (Å²) in [5.74, 6) is 1.03. The molecule has 0 saturated carbocycles. The van der Waals surface area contributed by atoms with Crippen LogP contribution in [-0.2, 0) is 6.54 Å². The molecule has 3 heteroatoms. The SMILES string of the molecule is Cc1cc(Cn2ccnc2C)ccc1Cl. The topological polar surface area (TPSA) is 17.8 Å². The van der Waals surface area contributed by atoms with Crippen molar-refractivity contribution in [1.29, 1.82) is 0 Å². The summed E-state index contributed by atoms with van der Waals surface area (Å²) in [4.78, 5) is 4.19. The van der Waals surface area contributed by atoms with Crippen LogP contribution >= 0.6 is 11.6 Å². The van der Waals surface area contributed by atoms with Gasteiger partial charge in [0.05, 0.1) is 0 Å². The third-order valence-corrected chi connectivity index (χ3v) is 2.92. The molecule has 0 N–H and O–H groups in total. The second-order valence-corrected chi connectivity index (χ2v) is 4.09. The molecule has 78 valence electrons. The van der Waals surface area contributed by atoms with Crippen molar-refractivity contribution in [3.8, 4) is 0 Å². The number of hydrogen-bond donors (Lipinski definition) is 0. The number of aromatic nitrogens is 2. The van der Waals surface area contributed by atoms with Crippen LogP contribution in [0, 0.1) is 13.8 Å². The molecule has 0 aliphatic rings. The number of rotatable bonds is 2. The molecule has 15 heavy (non-hydrogen) atoms. The van der Waals surface area contributed by atoms with Crippen LogP contribution in [0.15, 0.2) is 30.6 Å². The summed E-state index contributed by atoms with van der Waals surface area (Å²) in [7, 11) is 0. The van der Waals surface area contributed by atoms with Gasteiger partial charge in [-0.05, 0) is 31.0 Å². The van der Waals surface area contributed by atoms with Crippen molar-refractivity contribution < 1.29 is 0 Å². The lowest BCUT2D eigenvalue weighted by Gasteiger charge is -2.06. The quantitative estimate of drug-likeness (QED) is 0.760. The third kappa shape index (κ3) is 2.21. The molecule has 2 nitrogen and oxygen atoms in total. The van der Waals surface area contributed by atoms with Gasteiger partial charge < -0.3 is 4.57 Å².